The topological polar surface area (TPSA) is 124 Å². The van der Waals surface area contributed by atoms with Crippen LogP contribution in [-0.2, 0) is 47.3 Å². The zero-order valence-corrected chi connectivity index (χ0v) is 32.9. The molecule has 5 atom stereocenters. The first-order valence-electron chi connectivity index (χ1n) is 16.6. The molecular weight excluding hydrogens is 608 g/mol. The molecule has 0 N–H and O–H groups in total. The second-order valence-corrected chi connectivity index (χ2v) is 23.1. The zero-order chi connectivity index (χ0) is 36.4. The fraction of sp³-hybridized carbons (Fsp3) is 0.886. The number of hydrogen-bond acceptors (Lipinski definition) is 10. The van der Waals surface area contributed by atoms with Crippen molar-refractivity contribution in [3.8, 4) is 0 Å². The molecule has 0 aromatic rings. The van der Waals surface area contributed by atoms with E-state index in [4.69, 9.17) is 28.1 Å². The van der Waals surface area contributed by atoms with Crippen LogP contribution in [0.3, 0.4) is 0 Å². The predicted octanol–water partition coefficient (Wildman–Crippen LogP) is 7.37. The minimum absolute atomic E-state index is 0.0318. The molecule has 0 aromatic carbocycles. The molecule has 268 valence electrons. The summed E-state index contributed by atoms with van der Waals surface area (Å²) < 4.78 is 37.4. The summed E-state index contributed by atoms with van der Waals surface area (Å²) in [7, 11) is -2.48. The molecule has 1 aliphatic rings. The Hall–Kier alpha value is -1.98. The summed E-state index contributed by atoms with van der Waals surface area (Å²) in [5.74, 6) is -2.45. The third-order valence-corrected chi connectivity index (χ3v) is 14.3. The third-order valence-electron chi connectivity index (χ3n) is 8.20. The number of carbonyl (C=O) groups excluding carboxylic acids is 4. The van der Waals surface area contributed by atoms with E-state index in [1.54, 1.807) is 83.1 Å². The van der Waals surface area contributed by atoms with Gasteiger partial charge in [-0.3, -0.25) is 19.2 Å². The Balaban J connectivity index is 3.98. The standard InChI is InChI=1S/C35H64O10Si/c1-20(2)46(21(3)4,22(5)6)40-19-23-24(42-28(36)32(7,8)9)25(43-29(37)33(10,11)12)26(44-30(38)34(13,14)15)27(41-23)45-31(39)35(16,17)18/h20-27H,19H2,1-18H3/t23-,24-,25+,26+,27?/m1/s1. The smallest absolute Gasteiger partial charge is 0.313 e. The van der Waals surface area contributed by atoms with E-state index in [2.05, 4.69) is 41.5 Å². The highest BCUT2D eigenvalue weighted by Crippen LogP contribution is 2.43. The number of ether oxygens (including phenoxy) is 5. The van der Waals surface area contributed by atoms with Crippen LogP contribution in [0.2, 0.25) is 16.6 Å². The van der Waals surface area contributed by atoms with Gasteiger partial charge in [-0.1, -0.05) is 41.5 Å². The Morgan fingerprint density at radius 1 is 0.522 bits per heavy atom. The molecule has 46 heavy (non-hydrogen) atoms. The van der Waals surface area contributed by atoms with Gasteiger partial charge in [-0.15, -0.1) is 0 Å². The van der Waals surface area contributed by atoms with Crippen molar-refractivity contribution in [2.45, 2.75) is 172 Å². The molecule has 1 saturated heterocycles. The Bertz CT molecular complexity index is 1050. The van der Waals surface area contributed by atoms with Gasteiger partial charge in [-0.25, -0.2) is 0 Å². The van der Waals surface area contributed by atoms with Crippen molar-refractivity contribution >= 4 is 32.2 Å². The molecule has 1 heterocycles. The van der Waals surface area contributed by atoms with Crippen molar-refractivity contribution < 1.29 is 47.3 Å². The van der Waals surface area contributed by atoms with Crippen molar-refractivity contribution in [2.75, 3.05) is 6.61 Å². The summed E-state index contributed by atoms with van der Waals surface area (Å²) in [6, 6.07) is 0. The van der Waals surface area contributed by atoms with Gasteiger partial charge >= 0.3 is 23.9 Å². The first-order valence-corrected chi connectivity index (χ1v) is 18.8. The second-order valence-electron chi connectivity index (χ2n) is 17.7. The van der Waals surface area contributed by atoms with Crippen LogP contribution in [0.5, 0.6) is 0 Å². The fourth-order valence-electron chi connectivity index (χ4n) is 5.42. The fourth-order valence-corrected chi connectivity index (χ4v) is 10.9. The maximum Gasteiger partial charge on any atom is 0.313 e. The molecule has 0 bridgehead atoms. The molecule has 10 nitrogen and oxygen atoms in total. The molecule has 0 saturated carbocycles. The highest BCUT2D eigenvalue weighted by molar-refractivity contribution is 6.77. The summed E-state index contributed by atoms with van der Waals surface area (Å²) in [5, 5.41) is 0. The van der Waals surface area contributed by atoms with Crippen LogP contribution < -0.4 is 0 Å². The van der Waals surface area contributed by atoms with E-state index in [1.165, 1.54) is 0 Å². The van der Waals surface area contributed by atoms with E-state index < -0.39 is 84.6 Å². The maximum atomic E-state index is 13.5. The largest absolute Gasteiger partial charge is 0.455 e. The van der Waals surface area contributed by atoms with Crippen LogP contribution in [0.15, 0.2) is 0 Å². The van der Waals surface area contributed by atoms with Gasteiger partial charge in [0, 0.05) is 0 Å². The SMILES string of the molecule is CC(C)[Si](OC[C@H]1OC(OC(=O)C(C)(C)C)[C@@H](OC(=O)C(C)(C)C)[C@@H](OC(=O)C(C)(C)C)[C@@H]1OC(=O)C(C)(C)C)(C(C)C)C(C)C. The molecule has 11 heteroatoms. The van der Waals surface area contributed by atoms with E-state index in [1.807, 2.05) is 0 Å². The molecule has 1 rings (SSSR count). The van der Waals surface area contributed by atoms with Gasteiger partial charge in [-0.05, 0) is 99.7 Å². The van der Waals surface area contributed by atoms with Gasteiger partial charge in [0.25, 0.3) is 0 Å². The van der Waals surface area contributed by atoms with Crippen molar-refractivity contribution in [3.63, 3.8) is 0 Å². The van der Waals surface area contributed by atoms with E-state index in [0.29, 0.717) is 0 Å². The summed E-state index contributed by atoms with van der Waals surface area (Å²) in [6.45, 7) is 33.1. The van der Waals surface area contributed by atoms with Crippen LogP contribution >= 0.6 is 0 Å². The number of carbonyl (C=O) groups is 4. The lowest BCUT2D eigenvalue weighted by Crippen LogP contribution is -2.65. The van der Waals surface area contributed by atoms with Crippen LogP contribution in [0.1, 0.15) is 125 Å². The predicted molar refractivity (Wildman–Crippen MR) is 179 cm³/mol. The lowest BCUT2D eigenvalue weighted by atomic mass is 9.93. The van der Waals surface area contributed by atoms with E-state index in [9.17, 15) is 19.2 Å². The summed E-state index contributed by atoms with van der Waals surface area (Å²) in [4.78, 5) is 53.6. The Morgan fingerprint density at radius 2 is 0.826 bits per heavy atom. The minimum atomic E-state index is -2.48. The molecule has 0 aliphatic carbocycles. The quantitative estimate of drug-likeness (QED) is 0.132. The van der Waals surface area contributed by atoms with Gasteiger partial charge < -0.3 is 28.1 Å². The number of esters is 4. The molecule has 0 amide bonds. The Morgan fingerprint density at radius 3 is 1.15 bits per heavy atom. The second kappa shape index (κ2) is 15.1. The van der Waals surface area contributed by atoms with Crippen molar-refractivity contribution in [1.82, 2.24) is 0 Å². The van der Waals surface area contributed by atoms with Gasteiger partial charge in [0.05, 0.1) is 28.3 Å². The zero-order valence-electron chi connectivity index (χ0n) is 31.9. The average Bonchev–Trinajstić information content (AvgIpc) is 2.84. The summed E-state index contributed by atoms with van der Waals surface area (Å²) >= 11 is 0. The van der Waals surface area contributed by atoms with Gasteiger partial charge in [-0.2, -0.15) is 0 Å². The highest BCUT2D eigenvalue weighted by atomic mass is 28.4. The Labute approximate surface area is 279 Å². The molecule has 0 radical (unpaired) electrons. The van der Waals surface area contributed by atoms with Crippen LogP contribution in [0, 0.1) is 21.7 Å². The highest BCUT2D eigenvalue weighted by Gasteiger charge is 2.57. The van der Waals surface area contributed by atoms with E-state index in [-0.39, 0.29) is 23.2 Å². The Kier molecular flexibility index (Phi) is 13.8. The monoisotopic (exact) mass is 672 g/mol. The number of hydrogen-bond donors (Lipinski definition) is 0. The van der Waals surface area contributed by atoms with E-state index in [0.717, 1.165) is 0 Å². The molecule has 0 spiro atoms. The van der Waals surface area contributed by atoms with Gasteiger partial charge in [0.2, 0.25) is 12.4 Å². The lowest BCUT2D eigenvalue weighted by molar-refractivity contribution is -0.305. The normalized spacial score (nSPS) is 23.4. The minimum Gasteiger partial charge on any atom is -0.455 e. The summed E-state index contributed by atoms with van der Waals surface area (Å²) in [6.07, 6.45) is -6.59. The van der Waals surface area contributed by atoms with Gasteiger partial charge in [0.15, 0.2) is 20.5 Å². The van der Waals surface area contributed by atoms with Crippen molar-refractivity contribution in [2.24, 2.45) is 21.7 Å². The van der Waals surface area contributed by atoms with Crippen LogP contribution in [0.25, 0.3) is 0 Å². The van der Waals surface area contributed by atoms with Crippen LogP contribution in [0.4, 0.5) is 0 Å². The van der Waals surface area contributed by atoms with Gasteiger partial charge in [0.1, 0.15) is 6.10 Å². The summed E-state index contributed by atoms with van der Waals surface area (Å²) in [5.41, 5.74) is -3.09. The third kappa shape index (κ3) is 10.5. The molecule has 1 aliphatic heterocycles. The molecule has 0 aromatic heterocycles. The molecular formula is C35H64O10Si. The maximum absolute atomic E-state index is 13.5. The molecule has 1 fully saturated rings. The lowest BCUT2D eigenvalue weighted by Gasteiger charge is -2.48. The van der Waals surface area contributed by atoms with Crippen LogP contribution in [-0.4, -0.2) is 69.5 Å². The number of rotatable bonds is 10. The van der Waals surface area contributed by atoms with Crippen molar-refractivity contribution in [3.05, 3.63) is 0 Å². The average molecular weight is 673 g/mol. The first-order chi connectivity index (χ1) is 20.5. The molecule has 1 unspecified atom stereocenters. The van der Waals surface area contributed by atoms with E-state index >= 15 is 0 Å². The van der Waals surface area contributed by atoms with Crippen molar-refractivity contribution in [1.29, 1.82) is 0 Å². The first kappa shape index (κ1) is 42.0.